The van der Waals surface area contributed by atoms with Gasteiger partial charge in [0.15, 0.2) is 4.34 Å². The van der Waals surface area contributed by atoms with Crippen LogP contribution >= 0.6 is 23.1 Å². The summed E-state index contributed by atoms with van der Waals surface area (Å²) in [4.78, 5) is 0. The first-order valence-corrected chi connectivity index (χ1v) is 8.66. The van der Waals surface area contributed by atoms with Crippen molar-refractivity contribution >= 4 is 28.2 Å². The van der Waals surface area contributed by atoms with Crippen molar-refractivity contribution in [2.45, 2.75) is 29.8 Å². The molecule has 0 radical (unpaired) electrons. The highest BCUT2D eigenvalue weighted by Gasteiger charge is 2.16. The van der Waals surface area contributed by atoms with Crippen molar-refractivity contribution < 1.29 is 9.13 Å². The molecule has 1 fully saturated rings. The number of nitrogens with zero attached hydrogens (tertiary/aromatic N) is 2. The summed E-state index contributed by atoms with van der Waals surface area (Å²) in [5.74, 6) is 0.717. The van der Waals surface area contributed by atoms with E-state index in [0.717, 1.165) is 40.2 Å². The van der Waals surface area contributed by atoms with E-state index in [1.807, 2.05) is 0 Å². The van der Waals surface area contributed by atoms with Gasteiger partial charge in [-0.15, -0.1) is 10.2 Å². The maximum absolute atomic E-state index is 12.8. The largest absolute Gasteiger partial charge is 0.377 e. The molecular formula is C14H16FN3OS2. The van der Waals surface area contributed by atoms with Crippen molar-refractivity contribution in [2.75, 3.05) is 17.7 Å². The molecule has 4 nitrogen and oxygen atoms in total. The van der Waals surface area contributed by atoms with Gasteiger partial charge in [-0.3, -0.25) is 0 Å². The predicted molar refractivity (Wildman–Crippen MR) is 83.3 cm³/mol. The predicted octanol–water partition coefficient (Wildman–Crippen LogP) is 3.56. The third-order valence-electron chi connectivity index (χ3n) is 3.18. The topological polar surface area (TPSA) is 47.0 Å². The molecule has 7 heteroatoms. The second kappa shape index (κ2) is 7.20. The van der Waals surface area contributed by atoms with Gasteiger partial charge in [-0.2, -0.15) is 0 Å². The summed E-state index contributed by atoms with van der Waals surface area (Å²) in [5, 5.41) is 12.3. The highest BCUT2D eigenvalue weighted by Crippen LogP contribution is 2.28. The minimum atomic E-state index is -0.220. The van der Waals surface area contributed by atoms with Gasteiger partial charge in [0.05, 0.1) is 6.10 Å². The van der Waals surface area contributed by atoms with E-state index in [1.54, 1.807) is 23.9 Å². The van der Waals surface area contributed by atoms with Crippen LogP contribution in [0.3, 0.4) is 0 Å². The van der Waals surface area contributed by atoms with E-state index in [-0.39, 0.29) is 5.82 Å². The molecule has 1 N–H and O–H groups in total. The van der Waals surface area contributed by atoms with Crippen LogP contribution in [0.5, 0.6) is 0 Å². The normalized spacial score (nSPS) is 18.0. The van der Waals surface area contributed by atoms with E-state index in [2.05, 4.69) is 15.5 Å². The number of thioether (sulfide) groups is 1. The lowest BCUT2D eigenvalue weighted by atomic mass is 10.2. The summed E-state index contributed by atoms with van der Waals surface area (Å²) >= 11 is 3.23. The summed E-state index contributed by atoms with van der Waals surface area (Å²) in [7, 11) is 0. The maximum Gasteiger partial charge on any atom is 0.206 e. The first-order chi connectivity index (χ1) is 10.3. The maximum atomic E-state index is 12.8. The van der Waals surface area contributed by atoms with Crippen molar-refractivity contribution in [3.8, 4) is 0 Å². The van der Waals surface area contributed by atoms with Crippen LogP contribution in [0.4, 0.5) is 9.52 Å². The molecule has 1 aromatic heterocycles. The molecule has 0 bridgehead atoms. The zero-order valence-corrected chi connectivity index (χ0v) is 13.1. The van der Waals surface area contributed by atoms with Crippen LogP contribution in [-0.2, 0) is 11.3 Å². The van der Waals surface area contributed by atoms with Crippen LogP contribution in [0.2, 0.25) is 0 Å². The van der Waals surface area contributed by atoms with Crippen LogP contribution in [0, 0.1) is 5.82 Å². The Balaban J connectivity index is 1.46. The highest BCUT2D eigenvalue weighted by atomic mass is 32.2. The standard InChI is InChI=1S/C14H16FN3OS2/c15-11-5-3-10(4-6-11)8-16-13-17-18-14(21-13)20-9-12-2-1-7-19-12/h3-6,12H,1-2,7-9H2,(H,16,17)/t12-/m1/s1. The summed E-state index contributed by atoms with van der Waals surface area (Å²) in [6, 6.07) is 6.44. The summed E-state index contributed by atoms with van der Waals surface area (Å²) in [5.41, 5.74) is 1.01. The average Bonchev–Trinajstić information content (AvgIpc) is 3.16. The second-order valence-electron chi connectivity index (χ2n) is 4.80. The number of aromatic nitrogens is 2. The van der Waals surface area contributed by atoms with Crippen molar-refractivity contribution in [3.63, 3.8) is 0 Å². The summed E-state index contributed by atoms with van der Waals surface area (Å²) < 4.78 is 19.3. The third-order valence-corrected chi connectivity index (χ3v) is 5.33. The van der Waals surface area contributed by atoms with E-state index >= 15 is 0 Å². The van der Waals surface area contributed by atoms with Crippen molar-refractivity contribution in [3.05, 3.63) is 35.6 Å². The Morgan fingerprint density at radius 2 is 2.19 bits per heavy atom. The molecule has 0 unspecified atom stereocenters. The average molecular weight is 325 g/mol. The Bertz CT molecular complexity index is 570. The van der Waals surface area contributed by atoms with Gasteiger partial charge in [-0.1, -0.05) is 35.2 Å². The van der Waals surface area contributed by atoms with E-state index in [9.17, 15) is 4.39 Å². The Hall–Kier alpha value is -1.18. The zero-order chi connectivity index (χ0) is 14.5. The van der Waals surface area contributed by atoms with Crippen LogP contribution in [0.1, 0.15) is 18.4 Å². The lowest BCUT2D eigenvalue weighted by Crippen LogP contribution is -2.07. The molecule has 0 spiro atoms. The fourth-order valence-electron chi connectivity index (χ4n) is 2.06. The van der Waals surface area contributed by atoms with Crippen molar-refractivity contribution in [1.29, 1.82) is 0 Å². The Labute approximate surface area is 131 Å². The van der Waals surface area contributed by atoms with Crippen LogP contribution in [0.25, 0.3) is 0 Å². The van der Waals surface area contributed by atoms with Gasteiger partial charge in [0.25, 0.3) is 0 Å². The molecule has 2 heterocycles. The summed E-state index contributed by atoms with van der Waals surface area (Å²) in [6.07, 6.45) is 2.65. The van der Waals surface area contributed by atoms with Gasteiger partial charge in [-0.25, -0.2) is 4.39 Å². The fourth-order valence-corrected chi connectivity index (χ4v) is 3.90. The Morgan fingerprint density at radius 1 is 1.33 bits per heavy atom. The van der Waals surface area contributed by atoms with Crippen molar-refractivity contribution in [1.82, 2.24) is 10.2 Å². The van der Waals surface area contributed by atoms with E-state index < -0.39 is 0 Å². The number of anilines is 1. The Morgan fingerprint density at radius 3 is 2.95 bits per heavy atom. The van der Waals surface area contributed by atoms with Gasteiger partial charge < -0.3 is 10.1 Å². The lowest BCUT2D eigenvalue weighted by molar-refractivity contribution is 0.129. The molecule has 1 atom stereocenters. The zero-order valence-electron chi connectivity index (χ0n) is 11.4. The molecule has 0 amide bonds. The smallest absolute Gasteiger partial charge is 0.206 e. The summed E-state index contributed by atoms with van der Waals surface area (Å²) in [6.45, 7) is 1.50. The number of rotatable bonds is 6. The first kappa shape index (κ1) is 14.7. The molecule has 0 saturated carbocycles. The number of halogens is 1. The molecule has 21 heavy (non-hydrogen) atoms. The van der Waals surface area contributed by atoms with E-state index in [0.29, 0.717) is 12.6 Å². The minimum Gasteiger partial charge on any atom is -0.377 e. The van der Waals surface area contributed by atoms with Gasteiger partial charge >= 0.3 is 0 Å². The fraction of sp³-hybridized carbons (Fsp3) is 0.429. The Kier molecular flexibility index (Phi) is 5.05. The van der Waals surface area contributed by atoms with Gasteiger partial charge in [0.2, 0.25) is 5.13 Å². The molecule has 0 aliphatic carbocycles. The molecular weight excluding hydrogens is 309 g/mol. The number of hydrogen-bond donors (Lipinski definition) is 1. The minimum absolute atomic E-state index is 0.220. The van der Waals surface area contributed by atoms with Gasteiger partial charge in [0, 0.05) is 18.9 Å². The molecule has 2 aromatic rings. The second-order valence-corrected chi connectivity index (χ2v) is 7.04. The van der Waals surface area contributed by atoms with Crippen LogP contribution in [0.15, 0.2) is 28.6 Å². The van der Waals surface area contributed by atoms with E-state index in [4.69, 9.17) is 4.74 Å². The van der Waals surface area contributed by atoms with E-state index in [1.165, 1.54) is 23.5 Å². The SMILES string of the molecule is Fc1ccc(CNc2nnc(SC[C@H]3CCCO3)s2)cc1. The first-order valence-electron chi connectivity index (χ1n) is 6.86. The number of ether oxygens (including phenoxy) is 1. The lowest BCUT2D eigenvalue weighted by Gasteiger charge is -2.05. The quantitative estimate of drug-likeness (QED) is 0.823. The molecule has 3 rings (SSSR count). The van der Waals surface area contributed by atoms with Crippen LogP contribution < -0.4 is 5.32 Å². The van der Waals surface area contributed by atoms with Crippen LogP contribution in [-0.4, -0.2) is 28.7 Å². The van der Waals surface area contributed by atoms with Gasteiger partial charge in [0.1, 0.15) is 5.82 Å². The van der Waals surface area contributed by atoms with Crippen molar-refractivity contribution in [2.24, 2.45) is 0 Å². The number of benzene rings is 1. The number of hydrogen-bond acceptors (Lipinski definition) is 6. The monoisotopic (exact) mass is 325 g/mol. The number of nitrogens with one attached hydrogen (secondary N) is 1. The molecule has 1 aromatic carbocycles. The highest BCUT2D eigenvalue weighted by molar-refractivity contribution is 8.01. The molecule has 1 saturated heterocycles. The third kappa shape index (κ3) is 4.39. The molecule has 1 aliphatic heterocycles. The molecule has 1 aliphatic rings. The molecule has 112 valence electrons. The van der Waals surface area contributed by atoms with Gasteiger partial charge in [-0.05, 0) is 30.5 Å².